The number of ether oxygens (including phenoxy) is 1. The third-order valence-electron chi connectivity index (χ3n) is 4.06. The number of pyridine rings is 1. The van der Waals surface area contributed by atoms with Gasteiger partial charge in [-0.05, 0) is 23.1 Å². The monoisotopic (exact) mass is 328 g/mol. The van der Waals surface area contributed by atoms with E-state index in [4.69, 9.17) is 4.74 Å². The maximum absolute atomic E-state index is 12.2. The number of rotatable bonds is 3. The maximum Gasteiger partial charge on any atom is 0.411 e. The normalized spacial score (nSPS) is 10.7. The molecule has 0 saturated carbocycles. The van der Waals surface area contributed by atoms with Crippen LogP contribution < -0.4 is 5.32 Å². The number of nitrogens with one attached hydrogen (secondary N) is 1. The zero-order valence-corrected chi connectivity index (χ0v) is 13.5. The number of benzene rings is 3. The van der Waals surface area contributed by atoms with Gasteiger partial charge in [0.15, 0.2) is 0 Å². The van der Waals surface area contributed by atoms with E-state index in [2.05, 4.69) is 10.3 Å². The van der Waals surface area contributed by atoms with Crippen LogP contribution >= 0.6 is 0 Å². The van der Waals surface area contributed by atoms with Gasteiger partial charge < -0.3 is 4.74 Å². The number of hydrogen-bond donors (Lipinski definition) is 1. The van der Waals surface area contributed by atoms with Crippen LogP contribution in [0, 0.1) is 0 Å². The summed E-state index contributed by atoms with van der Waals surface area (Å²) >= 11 is 0. The maximum atomic E-state index is 12.2. The van der Waals surface area contributed by atoms with Crippen molar-refractivity contribution in [3.8, 4) is 0 Å². The van der Waals surface area contributed by atoms with Crippen molar-refractivity contribution in [3.63, 3.8) is 0 Å². The lowest BCUT2D eigenvalue weighted by Gasteiger charge is -2.11. The fourth-order valence-electron chi connectivity index (χ4n) is 2.89. The molecule has 0 bridgehead atoms. The van der Waals surface area contributed by atoms with Gasteiger partial charge in [0.2, 0.25) is 0 Å². The summed E-state index contributed by atoms with van der Waals surface area (Å²) < 4.78 is 5.32. The van der Waals surface area contributed by atoms with Gasteiger partial charge >= 0.3 is 6.09 Å². The van der Waals surface area contributed by atoms with Crippen LogP contribution in [0.25, 0.3) is 21.7 Å². The molecule has 4 rings (SSSR count). The Morgan fingerprint density at radius 3 is 2.56 bits per heavy atom. The lowest BCUT2D eigenvalue weighted by atomic mass is 10.0. The van der Waals surface area contributed by atoms with Crippen molar-refractivity contribution < 1.29 is 9.53 Å². The molecule has 0 fully saturated rings. The molecule has 122 valence electrons. The van der Waals surface area contributed by atoms with Crippen LogP contribution in [0.5, 0.6) is 0 Å². The van der Waals surface area contributed by atoms with Crippen molar-refractivity contribution in [2.45, 2.75) is 6.61 Å². The van der Waals surface area contributed by atoms with E-state index in [-0.39, 0.29) is 6.61 Å². The van der Waals surface area contributed by atoms with Crippen LogP contribution in [0.15, 0.2) is 79.0 Å². The molecule has 0 aliphatic carbocycles. The lowest BCUT2D eigenvalue weighted by molar-refractivity contribution is 0.155. The van der Waals surface area contributed by atoms with Crippen molar-refractivity contribution in [2.75, 3.05) is 5.32 Å². The van der Waals surface area contributed by atoms with Gasteiger partial charge in [-0.1, -0.05) is 60.7 Å². The quantitative estimate of drug-likeness (QED) is 0.530. The molecular weight excluding hydrogens is 312 g/mol. The Morgan fingerprint density at radius 2 is 1.68 bits per heavy atom. The van der Waals surface area contributed by atoms with Crippen LogP contribution in [0.3, 0.4) is 0 Å². The summed E-state index contributed by atoms with van der Waals surface area (Å²) in [5, 5.41) is 5.81. The first-order valence-electron chi connectivity index (χ1n) is 8.05. The average molecular weight is 328 g/mol. The predicted molar refractivity (Wildman–Crippen MR) is 99.5 cm³/mol. The van der Waals surface area contributed by atoms with Gasteiger partial charge in [0.1, 0.15) is 6.61 Å². The van der Waals surface area contributed by atoms with E-state index < -0.39 is 6.09 Å². The number of fused-ring (bicyclic) bond motifs is 3. The van der Waals surface area contributed by atoms with E-state index in [0.717, 1.165) is 27.2 Å². The van der Waals surface area contributed by atoms with E-state index in [1.165, 1.54) is 0 Å². The molecule has 1 aromatic heterocycles. The summed E-state index contributed by atoms with van der Waals surface area (Å²) in [5.41, 5.74) is 2.50. The molecule has 0 radical (unpaired) electrons. The Kier molecular flexibility index (Phi) is 4.01. The Bertz CT molecular complexity index is 1050. The fraction of sp³-hybridized carbons (Fsp3) is 0.0476. The highest BCUT2D eigenvalue weighted by Gasteiger charge is 2.10. The second-order valence-corrected chi connectivity index (χ2v) is 5.73. The molecule has 0 unspecified atom stereocenters. The standard InChI is InChI=1S/C21H16N2O2/c24-21(25-14-15-6-2-1-3-7-15)23-18-10-4-8-16-11-12-17-9-5-13-22-20(17)19(16)18/h1-13H,14H2,(H,23,24). The lowest BCUT2D eigenvalue weighted by Crippen LogP contribution is -2.13. The van der Waals surface area contributed by atoms with Gasteiger partial charge in [0.05, 0.1) is 11.2 Å². The van der Waals surface area contributed by atoms with E-state index in [1.807, 2.05) is 72.8 Å². The highest BCUT2D eigenvalue weighted by molar-refractivity contribution is 6.13. The van der Waals surface area contributed by atoms with E-state index in [1.54, 1.807) is 6.20 Å². The van der Waals surface area contributed by atoms with Crippen LogP contribution in [0.4, 0.5) is 10.5 Å². The summed E-state index contributed by atoms with van der Waals surface area (Å²) in [5.74, 6) is 0. The Labute approximate surface area is 145 Å². The van der Waals surface area contributed by atoms with Crippen LogP contribution in [-0.4, -0.2) is 11.1 Å². The largest absolute Gasteiger partial charge is 0.444 e. The molecule has 0 aliphatic rings. The molecule has 4 heteroatoms. The summed E-state index contributed by atoms with van der Waals surface area (Å²) in [6, 6.07) is 23.3. The number of anilines is 1. The Balaban J connectivity index is 1.63. The molecule has 4 nitrogen and oxygen atoms in total. The molecule has 0 aliphatic heterocycles. The predicted octanol–water partition coefficient (Wildman–Crippen LogP) is 5.14. The highest BCUT2D eigenvalue weighted by Crippen LogP contribution is 2.30. The van der Waals surface area contributed by atoms with Gasteiger partial charge in [0, 0.05) is 17.0 Å². The van der Waals surface area contributed by atoms with E-state index >= 15 is 0 Å². The van der Waals surface area contributed by atoms with Crippen LogP contribution in [0.2, 0.25) is 0 Å². The molecule has 0 atom stereocenters. The minimum Gasteiger partial charge on any atom is -0.444 e. The highest BCUT2D eigenvalue weighted by atomic mass is 16.5. The molecule has 0 saturated heterocycles. The first kappa shape index (κ1) is 15.1. The first-order valence-corrected chi connectivity index (χ1v) is 8.05. The summed E-state index contributed by atoms with van der Waals surface area (Å²) in [6.07, 6.45) is 1.27. The number of carbonyl (C=O) groups is 1. The van der Waals surface area contributed by atoms with Gasteiger partial charge in [-0.3, -0.25) is 10.3 Å². The minimum absolute atomic E-state index is 0.233. The zero-order valence-electron chi connectivity index (χ0n) is 13.5. The first-order chi connectivity index (χ1) is 12.3. The van der Waals surface area contributed by atoms with Crippen molar-refractivity contribution in [3.05, 3.63) is 84.6 Å². The summed E-state index contributed by atoms with van der Waals surface area (Å²) in [4.78, 5) is 16.7. The number of amides is 1. The van der Waals surface area contributed by atoms with Crippen molar-refractivity contribution in [1.29, 1.82) is 0 Å². The summed E-state index contributed by atoms with van der Waals surface area (Å²) in [7, 11) is 0. The number of hydrogen-bond acceptors (Lipinski definition) is 3. The SMILES string of the molecule is O=C(Nc1cccc2ccc3cccnc3c12)OCc1ccccc1. The van der Waals surface area contributed by atoms with Crippen LogP contribution in [0.1, 0.15) is 5.56 Å². The number of nitrogens with zero attached hydrogens (tertiary/aromatic N) is 1. The zero-order chi connectivity index (χ0) is 17.1. The molecular formula is C21H16N2O2. The van der Waals surface area contributed by atoms with Gasteiger partial charge in [0.25, 0.3) is 0 Å². The van der Waals surface area contributed by atoms with E-state index in [9.17, 15) is 4.79 Å². The van der Waals surface area contributed by atoms with Crippen molar-refractivity contribution in [2.24, 2.45) is 0 Å². The topological polar surface area (TPSA) is 51.2 Å². The van der Waals surface area contributed by atoms with Gasteiger partial charge in [-0.15, -0.1) is 0 Å². The third-order valence-corrected chi connectivity index (χ3v) is 4.06. The second kappa shape index (κ2) is 6.61. The summed E-state index contributed by atoms with van der Waals surface area (Å²) in [6.45, 7) is 0.233. The molecule has 1 N–H and O–H groups in total. The smallest absolute Gasteiger partial charge is 0.411 e. The second-order valence-electron chi connectivity index (χ2n) is 5.73. The van der Waals surface area contributed by atoms with Crippen molar-refractivity contribution in [1.82, 2.24) is 4.98 Å². The number of aromatic nitrogens is 1. The molecule has 25 heavy (non-hydrogen) atoms. The van der Waals surface area contributed by atoms with Crippen molar-refractivity contribution >= 4 is 33.5 Å². The van der Waals surface area contributed by atoms with Gasteiger partial charge in [-0.25, -0.2) is 4.79 Å². The molecule has 1 amide bonds. The fourth-order valence-corrected chi connectivity index (χ4v) is 2.89. The van der Waals surface area contributed by atoms with Gasteiger partial charge in [-0.2, -0.15) is 0 Å². The molecule has 4 aromatic rings. The van der Waals surface area contributed by atoms with Crippen LogP contribution in [-0.2, 0) is 11.3 Å². The molecule has 0 spiro atoms. The Morgan fingerprint density at radius 1 is 0.880 bits per heavy atom. The third kappa shape index (κ3) is 3.15. The molecule has 3 aromatic carbocycles. The Hall–Kier alpha value is -3.40. The number of carbonyl (C=O) groups excluding carboxylic acids is 1. The average Bonchev–Trinajstić information content (AvgIpc) is 2.67. The molecule has 1 heterocycles. The van der Waals surface area contributed by atoms with E-state index in [0.29, 0.717) is 5.69 Å². The minimum atomic E-state index is -0.482.